The minimum Gasteiger partial charge on any atom is -0.272 e. The van der Waals surface area contributed by atoms with E-state index in [-0.39, 0.29) is 0 Å². The van der Waals surface area contributed by atoms with E-state index in [9.17, 15) is 0 Å². The van der Waals surface area contributed by atoms with E-state index in [0.717, 1.165) is 6.42 Å². The molecular weight excluding hydrogens is 176 g/mol. The maximum Gasteiger partial charge on any atom is -0.0251 e. The first-order valence-electron chi connectivity index (χ1n) is 4.89. The monoisotopic (exact) mass is 198 g/mol. The SMILES string of the molecule is CCc1ccc([SH](C)(C)(C)C)cc1. The first-order chi connectivity index (χ1) is 5.80. The minimum atomic E-state index is -1.53. The number of aryl methyl sites for hydroxylation is 1. The van der Waals surface area contributed by atoms with Crippen LogP contribution in [0.15, 0.2) is 29.2 Å². The van der Waals surface area contributed by atoms with Crippen molar-refractivity contribution in [2.75, 3.05) is 25.0 Å². The Kier molecular flexibility index (Phi) is 2.50. The van der Waals surface area contributed by atoms with Gasteiger partial charge < -0.3 is 0 Å². The Morgan fingerprint density at radius 1 is 0.923 bits per heavy atom. The Balaban J connectivity index is 3.07. The number of hydrogen-bond acceptors (Lipinski definition) is 0. The molecule has 1 rings (SSSR count). The zero-order chi connectivity index (χ0) is 10.1. The topological polar surface area (TPSA) is 0 Å². The lowest BCUT2D eigenvalue weighted by atomic mass is 10.2. The number of rotatable bonds is 2. The van der Waals surface area contributed by atoms with Crippen LogP contribution in [0.4, 0.5) is 0 Å². The van der Waals surface area contributed by atoms with E-state index >= 15 is 0 Å². The van der Waals surface area contributed by atoms with Crippen LogP contribution in [0.5, 0.6) is 0 Å². The lowest BCUT2D eigenvalue weighted by Gasteiger charge is -2.47. The molecular formula is C12H22S. The zero-order valence-corrected chi connectivity index (χ0v) is 10.4. The lowest BCUT2D eigenvalue weighted by Crippen LogP contribution is -2.10. The smallest absolute Gasteiger partial charge is 0.0251 e. The molecule has 0 amide bonds. The van der Waals surface area contributed by atoms with Crippen molar-refractivity contribution in [3.8, 4) is 0 Å². The highest BCUT2D eigenvalue weighted by Crippen LogP contribution is 2.63. The maximum atomic E-state index is 2.40. The molecule has 0 radical (unpaired) electrons. The van der Waals surface area contributed by atoms with Crippen molar-refractivity contribution in [3.63, 3.8) is 0 Å². The standard InChI is InChI=1S/C12H22S/c1-6-11-7-9-12(10-8-11)13(2,3,4)5/h7-10,13H,6H2,1-5H3. The van der Waals surface area contributed by atoms with Crippen molar-refractivity contribution in [3.05, 3.63) is 29.8 Å². The van der Waals surface area contributed by atoms with Gasteiger partial charge in [0.2, 0.25) is 0 Å². The second kappa shape index (κ2) is 3.06. The fourth-order valence-electron chi connectivity index (χ4n) is 1.33. The van der Waals surface area contributed by atoms with Crippen LogP contribution in [0, 0.1) is 0 Å². The normalized spacial score (nSPS) is 15.0. The lowest BCUT2D eigenvalue weighted by molar-refractivity contribution is 1.13. The Hall–Kier alpha value is -0.430. The average molecular weight is 198 g/mol. The van der Waals surface area contributed by atoms with Crippen LogP contribution in [0.25, 0.3) is 0 Å². The van der Waals surface area contributed by atoms with Gasteiger partial charge in [-0.15, -0.1) is 0 Å². The molecule has 0 fully saturated rings. The predicted molar refractivity (Wildman–Crippen MR) is 66.8 cm³/mol. The Morgan fingerprint density at radius 3 is 1.69 bits per heavy atom. The fraction of sp³-hybridized carbons (Fsp3) is 0.500. The van der Waals surface area contributed by atoms with Crippen LogP contribution in [0.2, 0.25) is 0 Å². The van der Waals surface area contributed by atoms with Crippen molar-refractivity contribution in [1.82, 2.24) is 0 Å². The Labute approximate surface area is 82.6 Å². The van der Waals surface area contributed by atoms with E-state index in [1.54, 1.807) is 0 Å². The largest absolute Gasteiger partial charge is 0.272 e. The zero-order valence-electron chi connectivity index (χ0n) is 9.46. The molecule has 0 N–H and O–H groups in total. The van der Waals surface area contributed by atoms with Crippen molar-refractivity contribution in [1.29, 1.82) is 0 Å². The summed E-state index contributed by atoms with van der Waals surface area (Å²) in [5.74, 6) is 0. The summed E-state index contributed by atoms with van der Waals surface area (Å²) in [6.45, 7) is 2.20. The summed E-state index contributed by atoms with van der Waals surface area (Å²) in [5, 5.41) is 0. The predicted octanol–water partition coefficient (Wildman–Crippen LogP) is 3.20. The van der Waals surface area contributed by atoms with Crippen LogP contribution in [-0.4, -0.2) is 25.0 Å². The first-order valence-corrected chi connectivity index (χ1v) is 8.92. The van der Waals surface area contributed by atoms with Crippen LogP contribution >= 0.6 is 9.16 Å². The molecule has 0 aliphatic carbocycles. The number of benzene rings is 1. The van der Waals surface area contributed by atoms with E-state index in [2.05, 4.69) is 56.2 Å². The molecule has 0 bridgehead atoms. The first kappa shape index (κ1) is 10.6. The molecule has 0 saturated carbocycles. The molecule has 0 unspecified atom stereocenters. The summed E-state index contributed by atoms with van der Waals surface area (Å²) in [5.41, 5.74) is 1.43. The van der Waals surface area contributed by atoms with Crippen LogP contribution in [0.1, 0.15) is 12.5 Å². The average Bonchev–Trinajstić information content (AvgIpc) is 2.02. The van der Waals surface area contributed by atoms with Crippen LogP contribution in [0.3, 0.4) is 0 Å². The molecule has 13 heavy (non-hydrogen) atoms. The van der Waals surface area contributed by atoms with E-state index < -0.39 is 9.16 Å². The van der Waals surface area contributed by atoms with E-state index in [0.29, 0.717) is 0 Å². The summed E-state index contributed by atoms with van der Waals surface area (Å²) < 4.78 is 0. The van der Waals surface area contributed by atoms with Gasteiger partial charge in [-0.05, 0) is 41.9 Å². The highest BCUT2D eigenvalue weighted by atomic mass is 32.3. The van der Waals surface area contributed by atoms with E-state index in [4.69, 9.17) is 0 Å². The van der Waals surface area contributed by atoms with Gasteiger partial charge in [-0.2, -0.15) is 0 Å². The van der Waals surface area contributed by atoms with Gasteiger partial charge in [-0.3, -0.25) is 9.16 Å². The second-order valence-electron chi connectivity index (χ2n) is 5.60. The quantitative estimate of drug-likeness (QED) is 0.693. The van der Waals surface area contributed by atoms with Gasteiger partial charge in [0.1, 0.15) is 0 Å². The molecule has 0 spiro atoms. The van der Waals surface area contributed by atoms with Crippen molar-refractivity contribution in [2.24, 2.45) is 0 Å². The second-order valence-corrected chi connectivity index (χ2v) is 13.3. The van der Waals surface area contributed by atoms with Gasteiger partial charge in [0.15, 0.2) is 0 Å². The molecule has 1 aromatic rings. The maximum absolute atomic E-state index is 2.40. The molecule has 1 heteroatoms. The third kappa shape index (κ3) is 2.77. The van der Waals surface area contributed by atoms with Crippen molar-refractivity contribution < 1.29 is 0 Å². The summed E-state index contributed by atoms with van der Waals surface area (Å²) in [6, 6.07) is 9.13. The third-order valence-corrected chi connectivity index (χ3v) is 4.74. The molecule has 76 valence electrons. The van der Waals surface area contributed by atoms with Gasteiger partial charge >= 0.3 is 0 Å². The molecule has 0 atom stereocenters. The van der Waals surface area contributed by atoms with Gasteiger partial charge in [0, 0.05) is 0 Å². The molecule has 0 nitrogen and oxygen atoms in total. The number of thiol groups is 1. The number of hydrogen-bond donors (Lipinski definition) is 1. The summed E-state index contributed by atoms with van der Waals surface area (Å²) in [7, 11) is -1.53. The molecule has 0 aromatic heterocycles. The molecule has 0 aliphatic heterocycles. The molecule has 1 aromatic carbocycles. The van der Waals surface area contributed by atoms with Crippen molar-refractivity contribution in [2.45, 2.75) is 18.2 Å². The molecule has 0 heterocycles. The van der Waals surface area contributed by atoms with E-state index in [1.165, 1.54) is 10.5 Å². The van der Waals surface area contributed by atoms with Crippen LogP contribution < -0.4 is 0 Å². The third-order valence-electron chi connectivity index (χ3n) is 2.38. The molecule has 0 saturated heterocycles. The van der Waals surface area contributed by atoms with Gasteiger partial charge in [-0.25, -0.2) is 0 Å². The molecule has 0 aliphatic rings. The van der Waals surface area contributed by atoms with Gasteiger partial charge in [0.25, 0.3) is 0 Å². The van der Waals surface area contributed by atoms with E-state index in [1.807, 2.05) is 0 Å². The van der Waals surface area contributed by atoms with Crippen LogP contribution in [-0.2, 0) is 6.42 Å². The summed E-state index contributed by atoms with van der Waals surface area (Å²) >= 11 is 0. The fourth-order valence-corrected chi connectivity index (χ4v) is 2.67. The summed E-state index contributed by atoms with van der Waals surface area (Å²) in [4.78, 5) is 1.53. The van der Waals surface area contributed by atoms with Gasteiger partial charge in [0.05, 0.1) is 0 Å². The minimum absolute atomic E-state index is 1.14. The Morgan fingerprint density at radius 2 is 1.38 bits per heavy atom. The Bertz CT molecular complexity index is 278. The summed E-state index contributed by atoms with van der Waals surface area (Å²) in [6.07, 6.45) is 10.7. The van der Waals surface area contributed by atoms with Gasteiger partial charge in [-0.1, -0.05) is 31.2 Å². The van der Waals surface area contributed by atoms with Crippen molar-refractivity contribution >= 4 is 9.16 Å². The highest BCUT2D eigenvalue weighted by molar-refractivity contribution is 8.47. The highest BCUT2D eigenvalue weighted by Gasteiger charge is 2.20.